The van der Waals surface area contributed by atoms with Crippen molar-refractivity contribution in [3.8, 4) is 0 Å². The molecule has 0 aromatic carbocycles. The van der Waals surface area contributed by atoms with E-state index in [1.807, 2.05) is 6.92 Å². The molecule has 0 aromatic heterocycles. The van der Waals surface area contributed by atoms with E-state index in [1.54, 1.807) is 6.26 Å². The average molecular weight is 177 g/mol. The molecule has 0 amide bonds. The fourth-order valence-electron chi connectivity index (χ4n) is 1.87. The van der Waals surface area contributed by atoms with Crippen molar-refractivity contribution in [2.45, 2.75) is 25.5 Å². The van der Waals surface area contributed by atoms with Crippen LogP contribution in [-0.2, 0) is 4.74 Å². The summed E-state index contributed by atoms with van der Waals surface area (Å²) in [7, 11) is 0. The molecule has 0 radical (unpaired) electrons. The van der Waals surface area contributed by atoms with Crippen LogP contribution in [0.4, 0.5) is 0 Å². The highest BCUT2D eigenvalue weighted by Crippen LogP contribution is 2.30. The van der Waals surface area contributed by atoms with E-state index in [4.69, 9.17) is 10.5 Å². The molecule has 1 heterocycles. The van der Waals surface area contributed by atoms with E-state index < -0.39 is 0 Å². The van der Waals surface area contributed by atoms with Crippen molar-refractivity contribution in [1.82, 2.24) is 0 Å². The second-order valence-corrected chi connectivity index (χ2v) is 3.77. The molecule has 13 heavy (non-hydrogen) atoms. The summed E-state index contributed by atoms with van der Waals surface area (Å²) < 4.78 is 5.51. The lowest BCUT2D eigenvalue weighted by molar-refractivity contribution is 0.176. The van der Waals surface area contributed by atoms with Crippen LogP contribution >= 0.6 is 0 Å². The van der Waals surface area contributed by atoms with Crippen molar-refractivity contribution in [1.29, 1.82) is 0 Å². The van der Waals surface area contributed by atoms with Gasteiger partial charge in [0.1, 0.15) is 6.10 Å². The number of fused-ring (bicyclic) bond motifs is 1. The molecule has 0 saturated heterocycles. The Morgan fingerprint density at radius 3 is 3.15 bits per heavy atom. The maximum absolute atomic E-state index is 5.77. The zero-order valence-corrected chi connectivity index (χ0v) is 7.81. The van der Waals surface area contributed by atoms with Crippen LogP contribution < -0.4 is 5.73 Å². The van der Waals surface area contributed by atoms with E-state index in [2.05, 4.69) is 24.3 Å². The highest BCUT2D eigenvalue weighted by atomic mass is 16.5. The fourth-order valence-corrected chi connectivity index (χ4v) is 1.87. The Morgan fingerprint density at radius 1 is 1.54 bits per heavy atom. The van der Waals surface area contributed by atoms with Crippen molar-refractivity contribution in [3.05, 3.63) is 36.1 Å². The summed E-state index contributed by atoms with van der Waals surface area (Å²) in [6.45, 7) is 2.02. The number of nitrogens with two attached hydrogens (primary N) is 1. The molecule has 2 aliphatic rings. The maximum atomic E-state index is 5.77. The summed E-state index contributed by atoms with van der Waals surface area (Å²) in [5.74, 6) is 0.429. The van der Waals surface area contributed by atoms with E-state index in [9.17, 15) is 0 Å². The molecule has 0 saturated carbocycles. The number of allylic oxidation sites excluding steroid dienone is 2. The molecule has 1 aliphatic heterocycles. The van der Waals surface area contributed by atoms with Crippen molar-refractivity contribution in [2.24, 2.45) is 11.7 Å². The minimum absolute atomic E-state index is 0.211. The third-order valence-electron chi connectivity index (χ3n) is 2.44. The Kier molecular flexibility index (Phi) is 2.23. The maximum Gasteiger partial charge on any atom is 0.129 e. The molecule has 0 bridgehead atoms. The first kappa shape index (κ1) is 8.57. The Labute approximate surface area is 78.8 Å². The first-order valence-corrected chi connectivity index (χ1v) is 4.72. The van der Waals surface area contributed by atoms with Crippen LogP contribution in [0.1, 0.15) is 13.3 Å². The largest absolute Gasteiger partial charge is 0.493 e. The lowest BCUT2D eigenvalue weighted by atomic mass is 9.89. The van der Waals surface area contributed by atoms with E-state index in [-0.39, 0.29) is 12.1 Å². The van der Waals surface area contributed by atoms with Crippen LogP contribution in [-0.4, -0.2) is 12.1 Å². The van der Waals surface area contributed by atoms with Crippen LogP contribution in [0.5, 0.6) is 0 Å². The van der Waals surface area contributed by atoms with Gasteiger partial charge in [0.05, 0.1) is 6.26 Å². The minimum Gasteiger partial charge on any atom is -0.493 e. The molecule has 70 valence electrons. The molecule has 3 atom stereocenters. The van der Waals surface area contributed by atoms with E-state index in [1.165, 1.54) is 5.57 Å². The number of hydrogen-bond acceptors (Lipinski definition) is 2. The highest BCUT2D eigenvalue weighted by Gasteiger charge is 2.27. The van der Waals surface area contributed by atoms with Gasteiger partial charge in [-0.2, -0.15) is 0 Å². The molecule has 2 nitrogen and oxygen atoms in total. The molecule has 0 spiro atoms. The number of rotatable bonds is 2. The smallest absolute Gasteiger partial charge is 0.129 e. The summed E-state index contributed by atoms with van der Waals surface area (Å²) in [5.41, 5.74) is 7.08. The molecule has 0 fully saturated rings. The van der Waals surface area contributed by atoms with Gasteiger partial charge in [-0.15, -0.1) is 0 Å². The summed E-state index contributed by atoms with van der Waals surface area (Å²) in [5, 5.41) is 0. The van der Waals surface area contributed by atoms with Gasteiger partial charge in [0.2, 0.25) is 0 Å². The van der Waals surface area contributed by atoms with Crippen LogP contribution in [0, 0.1) is 5.92 Å². The van der Waals surface area contributed by atoms with E-state index in [0.29, 0.717) is 5.92 Å². The van der Waals surface area contributed by atoms with Gasteiger partial charge in [-0.3, -0.25) is 0 Å². The van der Waals surface area contributed by atoms with Crippen molar-refractivity contribution in [3.63, 3.8) is 0 Å². The summed E-state index contributed by atoms with van der Waals surface area (Å²) in [6, 6.07) is 0.211. The highest BCUT2D eigenvalue weighted by molar-refractivity contribution is 5.30. The number of hydrogen-bond donors (Lipinski definition) is 1. The van der Waals surface area contributed by atoms with Crippen LogP contribution in [0.2, 0.25) is 0 Å². The topological polar surface area (TPSA) is 35.2 Å². The Balaban J connectivity index is 2.10. The SMILES string of the molecule is CC(N)CC1=CC=CC2C=COC12. The van der Waals surface area contributed by atoms with Gasteiger partial charge in [0.15, 0.2) is 0 Å². The molecule has 0 aromatic rings. The third kappa shape index (κ3) is 1.68. The zero-order valence-electron chi connectivity index (χ0n) is 7.81. The quantitative estimate of drug-likeness (QED) is 0.697. The molecular weight excluding hydrogens is 162 g/mol. The van der Waals surface area contributed by atoms with Crippen LogP contribution in [0.25, 0.3) is 0 Å². The predicted octanol–water partition coefficient (Wildman–Crippen LogP) is 1.75. The number of ether oxygens (including phenoxy) is 1. The third-order valence-corrected chi connectivity index (χ3v) is 2.44. The van der Waals surface area contributed by atoms with Crippen molar-refractivity contribution in [2.75, 3.05) is 0 Å². The lowest BCUT2D eigenvalue weighted by Crippen LogP contribution is -2.25. The van der Waals surface area contributed by atoms with E-state index >= 15 is 0 Å². The van der Waals surface area contributed by atoms with Crippen LogP contribution in [0.15, 0.2) is 36.1 Å². The second kappa shape index (κ2) is 3.38. The van der Waals surface area contributed by atoms with Crippen LogP contribution in [0.3, 0.4) is 0 Å². The van der Waals surface area contributed by atoms with Gasteiger partial charge in [-0.05, 0) is 25.0 Å². The first-order chi connectivity index (χ1) is 6.27. The molecule has 2 N–H and O–H groups in total. The van der Waals surface area contributed by atoms with Gasteiger partial charge in [-0.25, -0.2) is 0 Å². The Bertz CT molecular complexity index is 276. The first-order valence-electron chi connectivity index (χ1n) is 4.72. The van der Waals surface area contributed by atoms with Crippen molar-refractivity contribution >= 4 is 0 Å². The Morgan fingerprint density at radius 2 is 2.38 bits per heavy atom. The van der Waals surface area contributed by atoms with Gasteiger partial charge in [-0.1, -0.05) is 18.2 Å². The second-order valence-electron chi connectivity index (χ2n) is 3.77. The molecule has 1 aliphatic carbocycles. The minimum atomic E-state index is 0.211. The van der Waals surface area contributed by atoms with Gasteiger partial charge in [0, 0.05) is 12.0 Å². The molecule has 2 heteroatoms. The molecular formula is C11H15NO. The average Bonchev–Trinajstić information content (AvgIpc) is 2.51. The summed E-state index contributed by atoms with van der Waals surface area (Å²) in [4.78, 5) is 0. The van der Waals surface area contributed by atoms with E-state index in [0.717, 1.165) is 6.42 Å². The lowest BCUT2D eigenvalue weighted by Gasteiger charge is -2.23. The van der Waals surface area contributed by atoms with Gasteiger partial charge in [0.25, 0.3) is 0 Å². The summed E-state index contributed by atoms with van der Waals surface area (Å²) >= 11 is 0. The standard InChI is InChI=1S/C11H15NO/c1-8(12)7-10-4-2-3-9-5-6-13-11(9)10/h2-6,8-9,11H,7,12H2,1H3. The van der Waals surface area contributed by atoms with Gasteiger partial charge < -0.3 is 10.5 Å². The van der Waals surface area contributed by atoms with Gasteiger partial charge >= 0.3 is 0 Å². The fraction of sp³-hybridized carbons (Fsp3) is 0.455. The zero-order chi connectivity index (χ0) is 9.26. The normalized spacial score (nSPS) is 32.3. The van der Waals surface area contributed by atoms with Crippen molar-refractivity contribution < 1.29 is 4.74 Å². The Hall–Kier alpha value is -1.02. The molecule has 3 unspecified atom stereocenters. The predicted molar refractivity (Wildman–Crippen MR) is 53.0 cm³/mol. The monoisotopic (exact) mass is 177 g/mol. The summed E-state index contributed by atoms with van der Waals surface area (Å²) in [6.07, 6.45) is 11.4. The molecule has 2 rings (SSSR count).